The number of nitrogens with two attached hydrogens (primary N) is 1. The summed E-state index contributed by atoms with van der Waals surface area (Å²) in [5.41, 5.74) is 5.34. The molecule has 59 heavy (non-hydrogen) atoms. The standard InChI is InChI=1S/C47H92NO10P/c1-3-5-7-9-11-13-15-17-18-19-20-21-22-23-24-25-26-27-29-31-33-35-37-39-46(50)58-43(41-56-59(53,54)57-42-44(48)47(51)52)40-55-45(49)38-36-34-32-30-28-16-14-12-10-8-6-4-2/h43-44H,3-42,48H2,1-2H3,(H,51,52)(H,53,54)/t43-,44-/m0/s1. The van der Waals surface area contributed by atoms with Crippen LogP contribution in [0.2, 0.25) is 0 Å². The van der Waals surface area contributed by atoms with E-state index in [0.717, 1.165) is 38.5 Å². The first-order chi connectivity index (χ1) is 28.6. The van der Waals surface area contributed by atoms with Crippen molar-refractivity contribution in [2.45, 2.75) is 264 Å². The second kappa shape index (κ2) is 43.1. The minimum atomic E-state index is -4.71. The monoisotopic (exact) mass is 862 g/mol. The van der Waals surface area contributed by atoms with E-state index in [9.17, 15) is 23.8 Å². The number of unbranched alkanes of at least 4 members (excludes halogenated alkanes) is 33. The highest BCUT2D eigenvalue weighted by atomic mass is 31.2. The Morgan fingerprint density at radius 1 is 0.458 bits per heavy atom. The summed E-state index contributed by atoms with van der Waals surface area (Å²) in [4.78, 5) is 46.0. The Labute approximate surface area is 361 Å². The Kier molecular flexibility index (Phi) is 42.0. The van der Waals surface area contributed by atoms with Crippen molar-refractivity contribution in [3.8, 4) is 0 Å². The summed E-state index contributed by atoms with van der Waals surface area (Å²) in [7, 11) is -4.71. The molecule has 0 radical (unpaired) electrons. The van der Waals surface area contributed by atoms with Crippen LogP contribution in [0.3, 0.4) is 0 Å². The van der Waals surface area contributed by atoms with Gasteiger partial charge in [0.1, 0.15) is 12.6 Å². The number of carbonyl (C=O) groups is 3. The summed E-state index contributed by atoms with van der Waals surface area (Å²) in [5, 5.41) is 8.90. The molecule has 0 aromatic carbocycles. The second-order valence-corrected chi connectivity index (χ2v) is 18.4. The number of ether oxygens (including phenoxy) is 2. The van der Waals surface area contributed by atoms with Crippen molar-refractivity contribution in [2.75, 3.05) is 19.8 Å². The number of phosphoric acid groups is 1. The fraction of sp³-hybridized carbons (Fsp3) is 0.936. The van der Waals surface area contributed by atoms with E-state index < -0.39 is 51.1 Å². The van der Waals surface area contributed by atoms with Crippen molar-refractivity contribution in [3.05, 3.63) is 0 Å². The molecule has 0 heterocycles. The molecule has 0 fully saturated rings. The average molecular weight is 862 g/mol. The van der Waals surface area contributed by atoms with Gasteiger partial charge in [-0.1, -0.05) is 226 Å². The molecule has 350 valence electrons. The first-order valence-corrected chi connectivity index (χ1v) is 26.1. The SMILES string of the molecule is CCCCCCCCCCCCCCCCCCCCCCCCCC(=O)O[C@@H](COC(=O)CCCCCCCCCCCCCC)COP(=O)(O)OC[C@H](N)C(=O)O. The zero-order valence-corrected chi connectivity index (χ0v) is 39.0. The van der Waals surface area contributed by atoms with E-state index in [2.05, 4.69) is 18.4 Å². The number of hydrogen-bond donors (Lipinski definition) is 3. The van der Waals surface area contributed by atoms with E-state index in [0.29, 0.717) is 12.8 Å². The van der Waals surface area contributed by atoms with Gasteiger partial charge in [-0.05, 0) is 12.8 Å². The molecule has 0 spiro atoms. The van der Waals surface area contributed by atoms with Crippen molar-refractivity contribution in [1.82, 2.24) is 0 Å². The van der Waals surface area contributed by atoms with Gasteiger partial charge in [0, 0.05) is 12.8 Å². The van der Waals surface area contributed by atoms with E-state index in [1.54, 1.807) is 0 Å². The summed E-state index contributed by atoms with van der Waals surface area (Å²) < 4.78 is 32.8. The van der Waals surface area contributed by atoms with Crippen molar-refractivity contribution in [2.24, 2.45) is 5.73 Å². The maximum Gasteiger partial charge on any atom is 0.472 e. The Hall–Kier alpha value is -1.52. The van der Waals surface area contributed by atoms with E-state index in [1.807, 2.05) is 0 Å². The molecule has 0 amide bonds. The van der Waals surface area contributed by atoms with Gasteiger partial charge in [-0.15, -0.1) is 0 Å². The van der Waals surface area contributed by atoms with Crippen LogP contribution >= 0.6 is 7.82 Å². The molecule has 0 saturated carbocycles. The lowest BCUT2D eigenvalue weighted by atomic mass is 10.0. The molecular formula is C47H92NO10P. The lowest BCUT2D eigenvalue weighted by Gasteiger charge is -2.20. The summed E-state index contributed by atoms with van der Waals surface area (Å²) in [6.45, 7) is 2.85. The topological polar surface area (TPSA) is 172 Å². The summed E-state index contributed by atoms with van der Waals surface area (Å²) in [6.07, 6.45) is 43.2. The highest BCUT2D eigenvalue weighted by molar-refractivity contribution is 7.47. The smallest absolute Gasteiger partial charge is 0.472 e. The molecule has 0 rings (SSSR count). The number of rotatable bonds is 47. The fourth-order valence-electron chi connectivity index (χ4n) is 7.24. The summed E-state index contributed by atoms with van der Waals surface area (Å²) >= 11 is 0. The van der Waals surface area contributed by atoms with Crippen LogP contribution in [0.4, 0.5) is 0 Å². The lowest BCUT2D eigenvalue weighted by molar-refractivity contribution is -0.161. The summed E-state index contributed by atoms with van der Waals surface area (Å²) in [5.74, 6) is -2.35. The summed E-state index contributed by atoms with van der Waals surface area (Å²) in [6, 6.07) is -1.52. The minimum Gasteiger partial charge on any atom is -0.480 e. The Bertz CT molecular complexity index is 1020. The van der Waals surface area contributed by atoms with Gasteiger partial charge in [-0.25, -0.2) is 4.57 Å². The van der Waals surface area contributed by atoms with Crippen LogP contribution in [0.25, 0.3) is 0 Å². The number of carbonyl (C=O) groups excluding carboxylic acids is 2. The highest BCUT2D eigenvalue weighted by Gasteiger charge is 2.28. The molecule has 12 heteroatoms. The molecule has 11 nitrogen and oxygen atoms in total. The van der Waals surface area contributed by atoms with Crippen molar-refractivity contribution < 1.29 is 47.5 Å². The first kappa shape index (κ1) is 57.5. The Balaban J connectivity index is 4.15. The molecule has 0 saturated heterocycles. The largest absolute Gasteiger partial charge is 0.480 e. The number of phosphoric ester groups is 1. The van der Waals surface area contributed by atoms with Gasteiger partial charge in [0.25, 0.3) is 0 Å². The number of carboxylic acids is 1. The molecule has 1 unspecified atom stereocenters. The van der Waals surface area contributed by atoms with Crippen LogP contribution in [0.1, 0.15) is 251 Å². The van der Waals surface area contributed by atoms with Gasteiger partial charge >= 0.3 is 25.7 Å². The fourth-order valence-corrected chi connectivity index (χ4v) is 8.02. The van der Waals surface area contributed by atoms with Crippen LogP contribution in [-0.2, 0) is 37.5 Å². The van der Waals surface area contributed by atoms with E-state index in [1.165, 1.54) is 173 Å². The molecule has 0 aromatic rings. The molecule has 3 atom stereocenters. The predicted octanol–water partition coefficient (Wildman–Crippen LogP) is 13.5. The zero-order chi connectivity index (χ0) is 43.5. The molecule has 0 aliphatic heterocycles. The predicted molar refractivity (Wildman–Crippen MR) is 240 cm³/mol. The normalized spacial score (nSPS) is 13.6. The zero-order valence-electron chi connectivity index (χ0n) is 38.1. The third-order valence-electron chi connectivity index (χ3n) is 11.1. The van der Waals surface area contributed by atoms with Crippen LogP contribution in [0.15, 0.2) is 0 Å². The van der Waals surface area contributed by atoms with Gasteiger partial charge < -0.3 is 25.2 Å². The van der Waals surface area contributed by atoms with Crippen LogP contribution in [0.5, 0.6) is 0 Å². The number of esters is 2. The maximum absolute atomic E-state index is 12.7. The van der Waals surface area contributed by atoms with Crippen molar-refractivity contribution >= 4 is 25.7 Å². The molecule has 0 aliphatic carbocycles. The quantitative estimate of drug-likeness (QED) is 0.0302. The van der Waals surface area contributed by atoms with E-state index >= 15 is 0 Å². The number of aliphatic carboxylic acids is 1. The third kappa shape index (κ3) is 42.9. The molecular weight excluding hydrogens is 769 g/mol. The molecule has 0 aromatic heterocycles. The van der Waals surface area contributed by atoms with Crippen molar-refractivity contribution in [1.29, 1.82) is 0 Å². The van der Waals surface area contributed by atoms with Gasteiger partial charge in [-0.2, -0.15) is 0 Å². The average Bonchev–Trinajstić information content (AvgIpc) is 3.21. The minimum absolute atomic E-state index is 0.170. The van der Waals surface area contributed by atoms with Gasteiger partial charge in [0.2, 0.25) is 0 Å². The Morgan fingerprint density at radius 3 is 1.07 bits per heavy atom. The number of carboxylic acid groups (broad SMARTS) is 1. The van der Waals surface area contributed by atoms with Gasteiger partial charge in [0.15, 0.2) is 6.10 Å². The molecule has 0 bridgehead atoms. The van der Waals surface area contributed by atoms with Crippen LogP contribution in [0, 0.1) is 0 Å². The van der Waals surface area contributed by atoms with Gasteiger partial charge in [-0.3, -0.25) is 23.4 Å². The number of hydrogen-bond acceptors (Lipinski definition) is 9. The Morgan fingerprint density at radius 2 is 0.746 bits per heavy atom. The van der Waals surface area contributed by atoms with E-state index in [4.69, 9.17) is 24.8 Å². The van der Waals surface area contributed by atoms with Crippen LogP contribution < -0.4 is 5.73 Å². The van der Waals surface area contributed by atoms with Crippen LogP contribution in [-0.4, -0.2) is 59.9 Å². The molecule has 0 aliphatic rings. The molecule has 4 N–H and O–H groups in total. The highest BCUT2D eigenvalue weighted by Crippen LogP contribution is 2.43. The third-order valence-corrected chi connectivity index (χ3v) is 12.1. The van der Waals surface area contributed by atoms with Crippen molar-refractivity contribution in [3.63, 3.8) is 0 Å². The first-order valence-electron chi connectivity index (χ1n) is 24.6. The maximum atomic E-state index is 12.7. The lowest BCUT2D eigenvalue weighted by Crippen LogP contribution is -2.34. The second-order valence-electron chi connectivity index (χ2n) is 17.0. The van der Waals surface area contributed by atoms with Gasteiger partial charge in [0.05, 0.1) is 13.2 Å². The van der Waals surface area contributed by atoms with E-state index in [-0.39, 0.29) is 19.4 Å².